The SMILES string of the molecule is CC1Cc2cc(-c3nc4c(s3)CNCC4)ccc2O1. The summed E-state index contributed by atoms with van der Waals surface area (Å²) in [5.74, 6) is 1.04. The van der Waals surface area contributed by atoms with Crippen molar-refractivity contribution in [1.82, 2.24) is 10.3 Å². The van der Waals surface area contributed by atoms with Gasteiger partial charge in [0.15, 0.2) is 0 Å². The maximum atomic E-state index is 5.75. The van der Waals surface area contributed by atoms with E-state index in [1.807, 2.05) is 11.3 Å². The average molecular weight is 272 g/mol. The second-order valence-electron chi connectivity index (χ2n) is 5.27. The van der Waals surface area contributed by atoms with Crippen LogP contribution in [0.5, 0.6) is 5.75 Å². The molecule has 0 amide bonds. The molecule has 0 saturated carbocycles. The first-order chi connectivity index (χ1) is 9.29. The highest BCUT2D eigenvalue weighted by atomic mass is 32.1. The normalized spacial score (nSPS) is 20.8. The van der Waals surface area contributed by atoms with Crippen LogP contribution in [0.1, 0.15) is 23.1 Å². The van der Waals surface area contributed by atoms with Crippen LogP contribution in [0, 0.1) is 0 Å². The van der Waals surface area contributed by atoms with Crippen LogP contribution < -0.4 is 10.1 Å². The second kappa shape index (κ2) is 4.32. The summed E-state index contributed by atoms with van der Waals surface area (Å²) in [7, 11) is 0. The fraction of sp³-hybridized carbons (Fsp3) is 0.400. The fourth-order valence-corrected chi connectivity index (χ4v) is 3.88. The minimum atomic E-state index is 0.305. The van der Waals surface area contributed by atoms with Gasteiger partial charge in [-0.25, -0.2) is 4.98 Å². The van der Waals surface area contributed by atoms with Gasteiger partial charge in [-0.15, -0.1) is 11.3 Å². The van der Waals surface area contributed by atoms with Gasteiger partial charge in [-0.3, -0.25) is 0 Å². The molecule has 4 rings (SSSR count). The van der Waals surface area contributed by atoms with Crippen molar-refractivity contribution in [2.75, 3.05) is 6.54 Å². The third-order valence-electron chi connectivity index (χ3n) is 3.75. The first-order valence-corrected chi connectivity index (χ1v) is 7.60. The Kier molecular flexibility index (Phi) is 2.60. The predicted molar refractivity (Wildman–Crippen MR) is 76.8 cm³/mol. The zero-order valence-corrected chi connectivity index (χ0v) is 11.7. The molecule has 4 heteroatoms. The minimum Gasteiger partial charge on any atom is -0.490 e. The molecule has 2 aromatic rings. The predicted octanol–water partition coefficient (Wildman–Crippen LogP) is 2.78. The van der Waals surface area contributed by atoms with E-state index >= 15 is 0 Å². The van der Waals surface area contributed by atoms with Crippen molar-refractivity contribution in [2.45, 2.75) is 32.4 Å². The molecule has 1 aromatic heterocycles. The van der Waals surface area contributed by atoms with Crippen LogP contribution in [-0.4, -0.2) is 17.6 Å². The number of ether oxygens (including phenoxy) is 1. The molecule has 2 aliphatic heterocycles. The van der Waals surface area contributed by atoms with E-state index in [1.165, 1.54) is 21.7 Å². The van der Waals surface area contributed by atoms with Crippen LogP contribution in [0.4, 0.5) is 0 Å². The first kappa shape index (κ1) is 11.4. The quantitative estimate of drug-likeness (QED) is 0.867. The summed E-state index contributed by atoms with van der Waals surface area (Å²) in [6.45, 7) is 4.14. The molecule has 98 valence electrons. The Balaban J connectivity index is 1.73. The fourth-order valence-electron chi connectivity index (χ4n) is 2.80. The van der Waals surface area contributed by atoms with Crippen molar-refractivity contribution < 1.29 is 4.74 Å². The summed E-state index contributed by atoms with van der Waals surface area (Å²) < 4.78 is 5.75. The molecule has 0 saturated heterocycles. The number of hydrogen-bond donors (Lipinski definition) is 1. The Hall–Kier alpha value is -1.39. The van der Waals surface area contributed by atoms with E-state index in [1.54, 1.807) is 0 Å². The van der Waals surface area contributed by atoms with Crippen molar-refractivity contribution in [1.29, 1.82) is 0 Å². The zero-order chi connectivity index (χ0) is 12.8. The van der Waals surface area contributed by atoms with Gasteiger partial charge in [0.05, 0.1) is 5.69 Å². The Morgan fingerprint density at radius 1 is 1.42 bits per heavy atom. The van der Waals surface area contributed by atoms with Crippen LogP contribution in [0.25, 0.3) is 10.6 Å². The third kappa shape index (κ3) is 1.95. The van der Waals surface area contributed by atoms with Gasteiger partial charge >= 0.3 is 0 Å². The molecule has 2 aliphatic rings. The van der Waals surface area contributed by atoms with Crippen LogP contribution in [0.3, 0.4) is 0 Å². The van der Waals surface area contributed by atoms with E-state index in [2.05, 4.69) is 30.4 Å². The van der Waals surface area contributed by atoms with Crippen molar-refractivity contribution in [3.8, 4) is 16.3 Å². The van der Waals surface area contributed by atoms with E-state index in [0.717, 1.165) is 36.7 Å². The minimum absolute atomic E-state index is 0.305. The lowest BCUT2D eigenvalue weighted by atomic mass is 10.1. The molecular formula is C15H16N2OS. The van der Waals surface area contributed by atoms with Crippen LogP contribution in [-0.2, 0) is 19.4 Å². The molecule has 3 nitrogen and oxygen atoms in total. The standard InChI is InChI=1S/C15H16N2OS/c1-9-6-11-7-10(2-3-13(11)18-9)15-17-12-4-5-16-8-14(12)19-15/h2-3,7,9,16H,4-6,8H2,1H3. The topological polar surface area (TPSA) is 34.2 Å². The summed E-state index contributed by atoms with van der Waals surface area (Å²) >= 11 is 1.82. The molecular weight excluding hydrogens is 256 g/mol. The zero-order valence-electron chi connectivity index (χ0n) is 10.9. The summed E-state index contributed by atoms with van der Waals surface area (Å²) in [4.78, 5) is 6.20. The maximum Gasteiger partial charge on any atom is 0.123 e. The Morgan fingerprint density at radius 2 is 2.37 bits per heavy atom. The largest absolute Gasteiger partial charge is 0.490 e. The molecule has 3 heterocycles. The van der Waals surface area contributed by atoms with Crippen molar-refractivity contribution >= 4 is 11.3 Å². The average Bonchev–Trinajstić information content (AvgIpc) is 2.99. The van der Waals surface area contributed by atoms with Gasteiger partial charge in [0, 0.05) is 36.4 Å². The Bertz CT molecular complexity index is 612. The Morgan fingerprint density at radius 3 is 3.26 bits per heavy atom. The molecule has 1 N–H and O–H groups in total. The molecule has 1 unspecified atom stereocenters. The number of nitrogens with one attached hydrogen (secondary N) is 1. The summed E-state index contributed by atoms with van der Waals surface area (Å²) in [5, 5.41) is 4.55. The molecule has 1 atom stereocenters. The van der Waals surface area contributed by atoms with Crippen molar-refractivity contribution in [3.63, 3.8) is 0 Å². The Labute approximate surface area is 116 Å². The van der Waals surface area contributed by atoms with Crippen molar-refractivity contribution in [3.05, 3.63) is 34.3 Å². The van der Waals surface area contributed by atoms with E-state index in [0.29, 0.717) is 6.10 Å². The summed E-state index contributed by atoms with van der Waals surface area (Å²) in [5.41, 5.74) is 3.83. The smallest absolute Gasteiger partial charge is 0.123 e. The number of nitrogens with zero attached hydrogens (tertiary/aromatic N) is 1. The van der Waals surface area contributed by atoms with Gasteiger partial charge in [-0.05, 0) is 30.7 Å². The van der Waals surface area contributed by atoms with Crippen LogP contribution in [0.2, 0.25) is 0 Å². The summed E-state index contributed by atoms with van der Waals surface area (Å²) in [6.07, 6.45) is 2.37. The van der Waals surface area contributed by atoms with Gasteiger partial charge in [-0.2, -0.15) is 0 Å². The van der Waals surface area contributed by atoms with E-state index in [-0.39, 0.29) is 0 Å². The molecule has 0 fully saturated rings. The molecule has 19 heavy (non-hydrogen) atoms. The number of benzene rings is 1. The third-order valence-corrected chi connectivity index (χ3v) is 4.89. The second-order valence-corrected chi connectivity index (χ2v) is 6.35. The van der Waals surface area contributed by atoms with Gasteiger partial charge < -0.3 is 10.1 Å². The van der Waals surface area contributed by atoms with Crippen LogP contribution in [0.15, 0.2) is 18.2 Å². The van der Waals surface area contributed by atoms with Gasteiger partial charge in [0.1, 0.15) is 16.9 Å². The van der Waals surface area contributed by atoms with Crippen molar-refractivity contribution in [2.24, 2.45) is 0 Å². The molecule has 1 aromatic carbocycles. The van der Waals surface area contributed by atoms with E-state index in [9.17, 15) is 0 Å². The lowest BCUT2D eigenvalue weighted by Crippen LogP contribution is -2.22. The maximum absolute atomic E-state index is 5.75. The van der Waals surface area contributed by atoms with E-state index < -0.39 is 0 Å². The monoisotopic (exact) mass is 272 g/mol. The molecule has 0 spiro atoms. The highest BCUT2D eigenvalue weighted by molar-refractivity contribution is 7.15. The summed E-state index contributed by atoms with van der Waals surface area (Å²) in [6, 6.07) is 6.47. The van der Waals surface area contributed by atoms with Crippen LogP contribution >= 0.6 is 11.3 Å². The van der Waals surface area contributed by atoms with Gasteiger partial charge in [0.25, 0.3) is 0 Å². The van der Waals surface area contributed by atoms with Gasteiger partial charge in [-0.1, -0.05) is 0 Å². The number of thiazole rings is 1. The lowest BCUT2D eigenvalue weighted by Gasteiger charge is -2.09. The number of fused-ring (bicyclic) bond motifs is 2. The number of rotatable bonds is 1. The highest BCUT2D eigenvalue weighted by Crippen LogP contribution is 2.35. The number of aromatic nitrogens is 1. The first-order valence-electron chi connectivity index (χ1n) is 6.79. The number of hydrogen-bond acceptors (Lipinski definition) is 4. The lowest BCUT2D eigenvalue weighted by molar-refractivity contribution is 0.254. The van der Waals surface area contributed by atoms with E-state index in [4.69, 9.17) is 9.72 Å². The highest BCUT2D eigenvalue weighted by Gasteiger charge is 2.21. The van der Waals surface area contributed by atoms with Gasteiger partial charge in [0.2, 0.25) is 0 Å². The molecule has 0 bridgehead atoms. The molecule has 0 aliphatic carbocycles. The molecule has 0 radical (unpaired) electrons.